The van der Waals surface area contributed by atoms with Gasteiger partial charge in [-0.2, -0.15) is 0 Å². The predicted octanol–water partition coefficient (Wildman–Crippen LogP) is -0.822. The molecule has 0 aromatic heterocycles. The third-order valence-corrected chi connectivity index (χ3v) is 3.86. The van der Waals surface area contributed by atoms with Crippen LogP contribution in [0.15, 0.2) is 24.3 Å². The Hall–Kier alpha value is -3.18. The topological polar surface area (TPSA) is 179 Å². The van der Waals surface area contributed by atoms with Crippen molar-refractivity contribution in [1.29, 1.82) is 5.41 Å². The number of ether oxygens (including phenoxy) is 1. The Balaban J connectivity index is 2.29. The number of nitrogen functional groups attached to an aromatic ring is 1. The van der Waals surface area contributed by atoms with Gasteiger partial charge in [0.25, 0.3) is 0 Å². The molecular formula is C20H32N6O5. The van der Waals surface area contributed by atoms with E-state index in [0.29, 0.717) is 12.1 Å². The normalized spacial score (nSPS) is 11.9. The average Bonchev–Trinajstić information content (AvgIpc) is 2.69. The molecule has 0 aliphatic rings. The molecular weight excluding hydrogens is 404 g/mol. The first-order valence-electron chi connectivity index (χ1n) is 9.80. The number of carbonyl (C=O) groups excluding carboxylic acids is 3. The molecule has 11 nitrogen and oxygen atoms in total. The zero-order valence-electron chi connectivity index (χ0n) is 18.1. The number of nitrogens with two attached hydrogens (primary N) is 1. The lowest BCUT2D eigenvalue weighted by Crippen LogP contribution is -2.49. The fourth-order valence-electron chi connectivity index (χ4n) is 2.32. The lowest BCUT2D eigenvalue weighted by Gasteiger charge is -2.19. The zero-order chi connectivity index (χ0) is 23.4. The third kappa shape index (κ3) is 11.0. The molecule has 0 aliphatic heterocycles. The maximum Gasteiger partial charge on any atom is 0.407 e. The quantitative estimate of drug-likeness (QED) is 0.134. The molecule has 0 radical (unpaired) electrons. The summed E-state index contributed by atoms with van der Waals surface area (Å²) < 4.78 is 5.07. The van der Waals surface area contributed by atoms with Crippen LogP contribution in [0.3, 0.4) is 0 Å². The first-order chi connectivity index (χ1) is 14.5. The summed E-state index contributed by atoms with van der Waals surface area (Å²) in [5, 5.41) is 27.2. The number of aliphatic hydroxyl groups excluding tert-OH is 1. The van der Waals surface area contributed by atoms with Gasteiger partial charge < -0.3 is 31.5 Å². The highest BCUT2D eigenvalue weighted by atomic mass is 16.6. The molecule has 1 aromatic carbocycles. The van der Waals surface area contributed by atoms with Crippen LogP contribution in [-0.2, 0) is 20.9 Å². The average molecular weight is 437 g/mol. The van der Waals surface area contributed by atoms with Crippen molar-refractivity contribution in [3.8, 4) is 0 Å². The maximum atomic E-state index is 12.2. The van der Waals surface area contributed by atoms with Crippen molar-refractivity contribution < 1.29 is 24.2 Å². The summed E-state index contributed by atoms with van der Waals surface area (Å²) in [6, 6.07) is 6.00. The lowest BCUT2D eigenvalue weighted by molar-refractivity contribution is -0.128. The number of amidine groups is 1. The van der Waals surface area contributed by atoms with Gasteiger partial charge in [-0.05, 0) is 26.3 Å². The van der Waals surface area contributed by atoms with Crippen molar-refractivity contribution in [1.82, 2.24) is 21.3 Å². The number of nitrogens with one attached hydrogen (secondary N) is 5. The molecule has 31 heavy (non-hydrogen) atoms. The van der Waals surface area contributed by atoms with Gasteiger partial charge in [-0.15, -0.1) is 0 Å². The molecule has 1 rings (SSSR count). The van der Waals surface area contributed by atoms with Crippen LogP contribution in [0.4, 0.5) is 4.79 Å². The number of carbonyl (C=O) groups is 3. The summed E-state index contributed by atoms with van der Waals surface area (Å²) in [5.41, 5.74) is 6.23. The van der Waals surface area contributed by atoms with E-state index >= 15 is 0 Å². The molecule has 172 valence electrons. The van der Waals surface area contributed by atoms with Crippen LogP contribution in [-0.4, -0.2) is 66.7 Å². The minimum absolute atomic E-state index is 0.0361. The minimum atomic E-state index is -0.894. The number of amides is 3. The Labute approximate surface area is 181 Å². The Morgan fingerprint density at radius 1 is 1.10 bits per heavy atom. The summed E-state index contributed by atoms with van der Waals surface area (Å²) in [5.74, 6) is -0.994. The number of rotatable bonds is 11. The standard InChI is InChI=1S/C20H32N6O5/c1-20(2,3)31-19(30)24-9-8-23-16(28)11-26-18(29)15(12-27)25-10-13-4-6-14(7-5-13)17(21)22/h4-7,15,25,27H,8-12H2,1-3H3,(H3,21,22)(H,23,28)(H,24,30)(H,26,29). The smallest absolute Gasteiger partial charge is 0.407 e. The summed E-state index contributed by atoms with van der Waals surface area (Å²) in [4.78, 5) is 35.5. The number of aliphatic hydroxyl groups is 1. The number of hydrogen-bond donors (Lipinski definition) is 7. The van der Waals surface area contributed by atoms with Crippen LogP contribution < -0.4 is 27.0 Å². The highest BCUT2D eigenvalue weighted by Gasteiger charge is 2.18. The Morgan fingerprint density at radius 2 is 1.71 bits per heavy atom. The molecule has 0 heterocycles. The summed E-state index contributed by atoms with van der Waals surface area (Å²) >= 11 is 0. The van der Waals surface area contributed by atoms with E-state index in [4.69, 9.17) is 15.9 Å². The van der Waals surface area contributed by atoms with Crippen molar-refractivity contribution in [2.75, 3.05) is 26.2 Å². The molecule has 0 saturated heterocycles. The van der Waals surface area contributed by atoms with Gasteiger partial charge in [0.05, 0.1) is 13.2 Å². The van der Waals surface area contributed by atoms with Crippen molar-refractivity contribution in [3.05, 3.63) is 35.4 Å². The highest BCUT2D eigenvalue weighted by molar-refractivity contribution is 5.94. The molecule has 0 aliphatic carbocycles. The summed E-state index contributed by atoms with van der Waals surface area (Å²) in [6.07, 6.45) is -0.581. The lowest BCUT2D eigenvalue weighted by atomic mass is 10.1. The summed E-state index contributed by atoms with van der Waals surface area (Å²) in [6.45, 7) is 5.18. The molecule has 3 amide bonds. The first-order valence-corrected chi connectivity index (χ1v) is 9.80. The Morgan fingerprint density at radius 3 is 2.26 bits per heavy atom. The van der Waals surface area contributed by atoms with E-state index in [1.165, 1.54) is 0 Å². The highest BCUT2D eigenvalue weighted by Crippen LogP contribution is 2.06. The maximum absolute atomic E-state index is 12.2. The van der Waals surface area contributed by atoms with Gasteiger partial charge in [0.15, 0.2) is 0 Å². The van der Waals surface area contributed by atoms with Gasteiger partial charge in [0.2, 0.25) is 11.8 Å². The van der Waals surface area contributed by atoms with Crippen LogP contribution in [0.25, 0.3) is 0 Å². The van der Waals surface area contributed by atoms with E-state index < -0.39 is 36.2 Å². The molecule has 1 atom stereocenters. The first kappa shape index (κ1) is 25.9. The van der Waals surface area contributed by atoms with Crippen molar-refractivity contribution >= 4 is 23.7 Å². The fraction of sp³-hybridized carbons (Fsp3) is 0.500. The van der Waals surface area contributed by atoms with E-state index in [1.807, 2.05) is 0 Å². The monoisotopic (exact) mass is 436 g/mol. The van der Waals surface area contributed by atoms with E-state index in [2.05, 4.69) is 21.3 Å². The van der Waals surface area contributed by atoms with Gasteiger partial charge in [-0.1, -0.05) is 24.3 Å². The summed E-state index contributed by atoms with van der Waals surface area (Å²) in [7, 11) is 0. The molecule has 1 unspecified atom stereocenters. The molecule has 8 N–H and O–H groups in total. The van der Waals surface area contributed by atoms with Crippen LogP contribution in [0.5, 0.6) is 0 Å². The van der Waals surface area contributed by atoms with Crippen molar-refractivity contribution in [3.63, 3.8) is 0 Å². The van der Waals surface area contributed by atoms with Crippen LogP contribution >= 0.6 is 0 Å². The second kappa shape index (κ2) is 12.5. The number of alkyl carbamates (subject to hydrolysis) is 1. The molecule has 0 fully saturated rings. The van der Waals surface area contributed by atoms with Gasteiger partial charge >= 0.3 is 6.09 Å². The van der Waals surface area contributed by atoms with Crippen LogP contribution in [0, 0.1) is 5.41 Å². The SMILES string of the molecule is CC(C)(C)OC(=O)NCCNC(=O)CNC(=O)C(CO)NCc1ccc(C(=N)N)cc1. The van der Waals surface area contributed by atoms with Crippen LogP contribution in [0.1, 0.15) is 31.9 Å². The van der Waals surface area contributed by atoms with E-state index in [0.717, 1.165) is 5.56 Å². The second-order valence-corrected chi connectivity index (χ2v) is 7.72. The zero-order valence-corrected chi connectivity index (χ0v) is 18.1. The van der Waals surface area contributed by atoms with Crippen molar-refractivity contribution in [2.45, 2.75) is 39.0 Å². The third-order valence-electron chi connectivity index (χ3n) is 3.86. The predicted molar refractivity (Wildman–Crippen MR) is 115 cm³/mol. The van der Waals surface area contributed by atoms with E-state index in [1.54, 1.807) is 45.0 Å². The number of benzene rings is 1. The van der Waals surface area contributed by atoms with Gasteiger partial charge in [-0.25, -0.2) is 4.79 Å². The van der Waals surface area contributed by atoms with Crippen molar-refractivity contribution in [2.24, 2.45) is 5.73 Å². The Kier molecular flexibility index (Phi) is 10.4. The van der Waals surface area contributed by atoms with E-state index in [9.17, 15) is 19.5 Å². The second-order valence-electron chi connectivity index (χ2n) is 7.72. The molecule has 0 spiro atoms. The van der Waals surface area contributed by atoms with Gasteiger partial charge in [-0.3, -0.25) is 20.3 Å². The minimum Gasteiger partial charge on any atom is -0.444 e. The Bertz CT molecular complexity index is 760. The largest absolute Gasteiger partial charge is 0.444 e. The molecule has 0 bridgehead atoms. The molecule has 11 heteroatoms. The van der Waals surface area contributed by atoms with Gasteiger partial charge in [0, 0.05) is 25.2 Å². The van der Waals surface area contributed by atoms with Gasteiger partial charge in [0.1, 0.15) is 17.5 Å². The van der Waals surface area contributed by atoms with E-state index in [-0.39, 0.29) is 25.5 Å². The molecule has 1 aromatic rings. The fourth-order valence-corrected chi connectivity index (χ4v) is 2.32. The van der Waals surface area contributed by atoms with Crippen LogP contribution in [0.2, 0.25) is 0 Å². The molecule has 0 saturated carbocycles. The number of hydrogen-bond acceptors (Lipinski definition) is 7.